The maximum Gasteiger partial charge on any atom is 0.335 e. The largest absolute Gasteiger partial charge is 0.479 e. The lowest BCUT2D eigenvalue weighted by Gasteiger charge is -2.38. The summed E-state index contributed by atoms with van der Waals surface area (Å²) >= 11 is 0. The fourth-order valence-electron chi connectivity index (χ4n) is 8.68. The zero-order valence-electron chi connectivity index (χ0n) is 42.9. The summed E-state index contributed by atoms with van der Waals surface area (Å²) < 4.78 is 21.9. The van der Waals surface area contributed by atoms with Crippen molar-refractivity contribution in [1.29, 1.82) is 0 Å². The molecule has 6 unspecified atom stereocenters. The van der Waals surface area contributed by atoms with Gasteiger partial charge in [-0.15, -0.1) is 0 Å². The summed E-state index contributed by atoms with van der Waals surface area (Å²) in [7, 11) is 0. The molecule has 0 spiro atoms. The highest BCUT2D eigenvalue weighted by molar-refractivity contribution is 5.73. The number of hydrogen-bond acceptors (Lipinski definition) is 10. The fraction of sp³-hybridized carbons (Fsp3) is 0.875. The molecule has 11 nitrogen and oxygen atoms in total. The van der Waals surface area contributed by atoms with Crippen LogP contribution in [0.3, 0.4) is 0 Å². The average molecular weight is 951 g/mol. The fourth-order valence-corrected chi connectivity index (χ4v) is 8.68. The lowest BCUT2D eigenvalue weighted by Crippen LogP contribution is -2.60. The van der Waals surface area contributed by atoms with Crippen LogP contribution in [0, 0.1) is 0 Å². The molecule has 0 aromatic carbocycles. The second-order valence-electron chi connectivity index (χ2n) is 19.4. The standard InChI is InChI=1S/C56H102O11/c1-3-5-7-9-11-13-15-17-19-21-23-24-25-27-29-31-33-35-37-39-41-43-45-50(58)66-48(47-65-56-53(61)51(59)52(60)54(67-56)55(62)63)46-64-49(57)44-42-40-38-36-34-32-30-28-26-22-20-18-16-14-12-10-8-6-4-2/h12,14,18,20,48,51-54,56,59-61H,3-11,13,15-17,19,21-47H2,1-2H3,(H,62,63)/b14-12-,20-18-. The number of rotatable bonds is 48. The van der Waals surface area contributed by atoms with Crippen LogP contribution in [0.1, 0.15) is 264 Å². The Kier molecular flexibility index (Phi) is 43.1. The van der Waals surface area contributed by atoms with Crippen molar-refractivity contribution in [2.24, 2.45) is 0 Å². The number of aliphatic hydroxyl groups is 3. The van der Waals surface area contributed by atoms with Crippen molar-refractivity contribution in [3.63, 3.8) is 0 Å². The van der Waals surface area contributed by atoms with Crippen LogP contribution in [0.15, 0.2) is 24.3 Å². The predicted octanol–water partition coefficient (Wildman–Crippen LogP) is 13.7. The van der Waals surface area contributed by atoms with Gasteiger partial charge in [-0.2, -0.15) is 0 Å². The Morgan fingerprint density at radius 2 is 0.836 bits per heavy atom. The Morgan fingerprint density at radius 3 is 1.27 bits per heavy atom. The predicted molar refractivity (Wildman–Crippen MR) is 271 cm³/mol. The number of aliphatic carboxylic acids is 1. The smallest absolute Gasteiger partial charge is 0.335 e. The zero-order chi connectivity index (χ0) is 48.8. The van der Waals surface area contributed by atoms with E-state index in [0.717, 1.165) is 51.4 Å². The normalized spacial score (nSPS) is 19.1. The van der Waals surface area contributed by atoms with Gasteiger partial charge in [0.2, 0.25) is 0 Å². The highest BCUT2D eigenvalue weighted by Crippen LogP contribution is 2.23. The van der Waals surface area contributed by atoms with Crippen molar-refractivity contribution in [3.8, 4) is 0 Å². The monoisotopic (exact) mass is 951 g/mol. The van der Waals surface area contributed by atoms with Gasteiger partial charge in [-0.3, -0.25) is 9.59 Å². The van der Waals surface area contributed by atoms with Crippen molar-refractivity contribution < 1.29 is 53.8 Å². The van der Waals surface area contributed by atoms with Crippen LogP contribution >= 0.6 is 0 Å². The number of unbranched alkanes of at least 4 members (excludes halogenated alkanes) is 33. The molecule has 1 aliphatic heterocycles. The molecule has 1 aliphatic rings. The van der Waals surface area contributed by atoms with Gasteiger partial charge in [-0.05, 0) is 44.9 Å². The second-order valence-corrected chi connectivity index (χ2v) is 19.4. The molecule has 0 saturated carbocycles. The molecule has 0 aliphatic carbocycles. The third-order valence-electron chi connectivity index (χ3n) is 13.1. The first-order valence-corrected chi connectivity index (χ1v) is 27.9. The number of carbonyl (C=O) groups is 3. The molecule has 1 fully saturated rings. The molecule has 11 heteroatoms. The Labute approximate surface area is 409 Å². The van der Waals surface area contributed by atoms with Crippen molar-refractivity contribution >= 4 is 17.9 Å². The van der Waals surface area contributed by atoms with E-state index in [4.69, 9.17) is 18.9 Å². The van der Waals surface area contributed by atoms with E-state index in [2.05, 4.69) is 38.2 Å². The summed E-state index contributed by atoms with van der Waals surface area (Å²) in [6.07, 6.45) is 45.1. The highest BCUT2D eigenvalue weighted by atomic mass is 16.7. The number of allylic oxidation sites excluding steroid dienone is 4. The van der Waals surface area contributed by atoms with Gasteiger partial charge in [-0.1, -0.05) is 231 Å². The molecule has 392 valence electrons. The van der Waals surface area contributed by atoms with E-state index in [9.17, 15) is 34.8 Å². The highest BCUT2D eigenvalue weighted by Gasteiger charge is 2.47. The van der Waals surface area contributed by atoms with Gasteiger partial charge in [0.05, 0.1) is 6.61 Å². The van der Waals surface area contributed by atoms with Gasteiger partial charge in [0, 0.05) is 12.8 Å². The number of carboxylic acid groups (broad SMARTS) is 1. The molecule has 1 heterocycles. The van der Waals surface area contributed by atoms with Crippen LogP contribution in [0.25, 0.3) is 0 Å². The van der Waals surface area contributed by atoms with E-state index in [0.29, 0.717) is 12.8 Å². The Morgan fingerprint density at radius 1 is 0.463 bits per heavy atom. The summed E-state index contributed by atoms with van der Waals surface area (Å²) in [4.78, 5) is 37.1. The molecular weight excluding hydrogens is 849 g/mol. The van der Waals surface area contributed by atoms with Gasteiger partial charge in [0.1, 0.15) is 24.9 Å². The average Bonchev–Trinajstić information content (AvgIpc) is 3.31. The van der Waals surface area contributed by atoms with E-state index in [1.165, 1.54) is 173 Å². The van der Waals surface area contributed by atoms with Gasteiger partial charge in [-0.25, -0.2) is 4.79 Å². The molecule has 6 atom stereocenters. The molecule has 0 bridgehead atoms. The number of ether oxygens (including phenoxy) is 4. The van der Waals surface area contributed by atoms with Crippen LogP contribution in [0.4, 0.5) is 0 Å². The van der Waals surface area contributed by atoms with Crippen molar-refractivity contribution in [1.82, 2.24) is 0 Å². The molecular formula is C56H102O11. The first-order chi connectivity index (χ1) is 32.7. The minimum absolute atomic E-state index is 0.187. The lowest BCUT2D eigenvalue weighted by molar-refractivity contribution is -0.298. The van der Waals surface area contributed by atoms with E-state index < -0.39 is 54.7 Å². The topological polar surface area (TPSA) is 169 Å². The molecule has 0 amide bonds. The molecule has 1 rings (SSSR count). The summed E-state index contributed by atoms with van der Waals surface area (Å²) in [5.41, 5.74) is 0. The lowest BCUT2D eigenvalue weighted by atomic mass is 9.99. The summed E-state index contributed by atoms with van der Waals surface area (Å²) in [6.45, 7) is 3.84. The zero-order valence-corrected chi connectivity index (χ0v) is 42.9. The summed E-state index contributed by atoms with van der Waals surface area (Å²) in [6, 6.07) is 0. The number of carbonyl (C=O) groups excluding carboxylic acids is 2. The van der Waals surface area contributed by atoms with E-state index >= 15 is 0 Å². The maximum absolute atomic E-state index is 12.9. The van der Waals surface area contributed by atoms with Gasteiger partial charge in [0.15, 0.2) is 18.5 Å². The van der Waals surface area contributed by atoms with Crippen LogP contribution in [0.2, 0.25) is 0 Å². The van der Waals surface area contributed by atoms with Crippen molar-refractivity contribution in [3.05, 3.63) is 24.3 Å². The van der Waals surface area contributed by atoms with E-state index in [-0.39, 0.29) is 26.1 Å². The second kappa shape index (κ2) is 46.1. The quantitative estimate of drug-likeness (QED) is 0.0260. The van der Waals surface area contributed by atoms with Crippen LogP contribution in [0.5, 0.6) is 0 Å². The molecule has 67 heavy (non-hydrogen) atoms. The summed E-state index contributed by atoms with van der Waals surface area (Å²) in [5.74, 6) is -2.43. The van der Waals surface area contributed by atoms with Crippen molar-refractivity contribution in [2.75, 3.05) is 13.2 Å². The van der Waals surface area contributed by atoms with Crippen LogP contribution < -0.4 is 0 Å². The first-order valence-electron chi connectivity index (χ1n) is 27.9. The molecule has 0 aromatic rings. The molecule has 4 N–H and O–H groups in total. The number of aliphatic hydroxyl groups excluding tert-OH is 3. The maximum atomic E-state index is 12.9. The Bertz CT molecular complexity index is 1210. The van der Waals surface area contributed by atoms with Gasteiger partial charge < -0.3 is 39.4 Å². The minimum Gasteiger partial charge on any atom is -0.479 e. The third kappa shape index (κ3) is 37.2. The summed E-state index contributed by atoms with van der Waals surface area (Å²) in [5, 5.41) is 40.0. The first kappa shape index (κ1) is 62.7. The molecule has 0 radical (unpaired) electrons. The molecule has 1 saturated heterocycles. The number of hydrogen-bond donors (Lipinski definition) is 4. The Hall–Kier alpha value is -2.31. The SMILES string of the molecule is CCCCC/C=C\C/C=C\CCCCCCCCCCCC(=O)OCC(COC1OC(C(=O)O)C(O)C(O)C1O)OC(=O)CCCCCCCCCCCCCCCCCCCCCCCC. The Balaban J connectivity index is 2.25. The van der Waals surface area contributed by atoms with Crippen LogP contribution in [-0.2, 0) is 33.3 Å². The van der Waals surface area contributed by atoms with E-state index in [1.807, 2.05) is 0 Å². The molecule has 0 aromatic heterocycles. The van der Waals surface area contributed by atoms with Crippen LogP contribution in [-0.4, -0.2) is 88.4 Å². The number of esters is 2. The minimum atomic E-state index is -1.86. The van der Waals surface area contributed by atoms with Gasteiger partial charge in [0.25, 0.3) is 0 Å². The third-order valence-corrected chi connectivity index (χ3v) is 13.1. The van der Waals surface area contributed by atoms with Crippen molar-refractivity contribution in [2.45, 2.75) is 301 Å². The number of carboxylic acids is 1. The van der Waals surface area contributed by atoms with E-state index in [1.54, 1.807) is 0 Å². The van der Waals surface area contributed by atoms with Gasteiger partial charge >= 0.3 is 17.9 Å².